The molecule has 11 heteroatoms. The van der Waals surface area contributed by atoms with Gasteiger partial charge in [0.1, 0.15) is 23.3 Å². The molecular weight excluding hydrogens is 471 g/mol. The molecule has 1 aliphatic rings. The van der Waals surface area contributed by atoms with Gasteiger partial charge < -0.3 is 10.1 Å². The van der Waals surface area contributed by atoms with Crippen molar-refractivity contribution in [2.45, 2.75) is 38.6 Å². The second kappa shape index (κ2) is 8.87. The van der Waals surface area contributed by atoms with Gasteiger partial charge in [0, 0.05) is 30.4 Å². The number of benzene rings is 1. The second-order valence-corrected chi connectivity index (χ2v) is 8.97. The zero-order valence-corrected chi connectivity index (χ0v) is 19.5. The maximum absolute atomic E-state index is 14.1. The van der Waals surface area contributed by atoms with E-state index in [1.807, 2.05) is 13.8 Å². The Morgan fingerprint density at radius 3 is 2.56 bits per heavy atom. The van der Waals surface area contributed by atoms with Gasteiger partial charge >= 0.3 is 6.18 Å². The Kier molecular flexibility index (Phi) is 5.84. The van der Waals surface area contributed by atoms with E-state index in [1.165, 1.54) is 27.6 Å². The first-order valence-corrected chi connectivity index (χ1v) is 11.4. The molecule has 0 spiro atoms. The third-order valence-corrected chi connectivity index (χ3v) is 6.03. The van der Waals surface area contributed by atoms with E-state index in [0.717, 1.165) is 5.39 Å². The number of nitrogens with zero attached hydrogens (tertiary/aromatic N) is 6. The first kappa shape index (κ1) is 23.7. The summed E-state index contributed by atoms with van der Waals surface area (Å²) < 4.78 is 49.7. The Hall–Kier alpha value is -4.04. The van der Waals surface area contributed by atoms with Crippen molar-refractivity contribution in [3.63, 3.8) is 0 Å². The zero-order valence-electron chi connectivity index (χ0n) is 19.5. The van der Waals surface area contributed by atoms with E-state index >= 15 is 0 Å². The summed E-state index contributed by atoms with van der Waals surface area (Å²) in [5.41, 5.74) is 1.85. The number of aromatic nitrogens is 4. The predicted molar refractivity (Wildman–Crippen MR) is 127 cm³/mol. The smallest absolute Gasteiger partial charge is 0.408 e. The van der Waals surface area contributed by atoms with Crippen LogP contribution in [0, 0.1) is 16.7 Å². The van der Waals surface area contributed by atoms with Gasteiger partial charge in [-0.1, -0.05) is 18.2 Å². The highest BCUT2D eigenvalue weighted by Gasteiger charge is 2.46. The Labute approximate surface area is 204 Å². The van der Waals surface area contributed by atoms with Gasteiger partial charge in [-0.2, -0.15) is 18.4 Å². The normalized spacial score (nSPS) is 15.6. The second-order valence-electron chi connectivity index (χ2n) is 8.97. The first-order chi connectivity index (χ1) is 17.2. The summed E-state index contributed by atoms with van der Waals surface area (Å²) in [4.78, 5) is 5.94. The van der Waals surface area contributed by atoms with Gasteiger partial charge in [-0.25, -0.2) is 4.98 Å². The van der Waals surface area contributed by atoms with Gasteiger partial charge in [-0.15, -0.1) is 10.2 Å². The van der Waals surface area contributed by atoms with Gasteiger partial charge in [0.05, 0.1) is 11.7 Å². The standard InChI is InChI=1S/C25H22F3N7O/c1-14(2)36-22-16(11-29)4-3-15-5-7-19(31-21(15)22)24-33-32-20-8-6-17(12-35(20)24)23(25(26,27)28)34-10-9-18(30)13-34/h3-8,12,14,23,30H,9-10,13H2,1-2H3/t23-/m1/s1. The molecule has 184 valence electrons. The average molecular weight is 493 g/mol. The molecule has 3 aromatic heterocycles. The van der Waals surface area contributed by atoms with Crippen LogP contribution in [-0.4, -0.2) is 55.6 Å². The fourth-order valence-corrected chi connectivity index (χ4v) is 4.48. The number of nitrogens with one attached hydrogen (secondary N) is 1. The lowest BCUT2D eigenvalue weighted by molar-refractivity contribution is -0.183. The van der Waals surface area contributed by atoms with Crippen LogP contribution in [0.3, 0.4) is 0 Å². The highest BCUT2D eigenvalue weighted by atomic mass is 19.4. The van der Waals surface area contributed by atoms with Crippen LogP contribution in [0.5, 0.6) is 5.75 Å². The minimum absolute atomic E-state index is 0.0245. The van der Waals surface area contributed by atoms with Crippen LogP contribution in [-0.2, 0) is 0 Å². The molecule has 0 saturated carbocycles. The lowest BCUT2D eigenvalue weighted by Gasteiger charge is -2.29. The number of pyridine rings is 2. The molecule has 1 aromatic carbocycles. The van der Waals surface area contributed by atoms with Crippen LogP contribution in [0.25, 0.3) is 28.1 Å². The maximum Gasteiger partial charge on any atom is 0.408 e. The Morgan fingerprint density at radius 2 is 1.89 bits per heavy atom. The van der Waals surface area contributed by atoms with E-state index in [1.54, 1.807) is 24.3 Å². The quantitative estimate of drug-likeness (QED) is 0.423. The predicted octanol–water partition coefficient (Wildman–Crippen LogP) is 4.93. The molecule has 1 aliphatic heterocycles. The van der Waals surface area contributed by atoms with Crippen LogP contribution < -0.4 is 4.74 Å². The minimum Gasteiger partial charge on any atom is -0.487 e. The highest BCUT2D eigenvalue weighted by molar-refractivity contribution is 5.88. The third kappa shape index (κ3) is 4.24. The van der Waals surface area contributed by atoms with Crippen LogP contribution in [0.2, 0.25) is 0 Å². The van der Waals surface area contributed by atoms with Gasteiger partial charge in [-0.3, -0.25) is 9.30 Å². The van der Waals surface area contributed by atoms with E-state index in [4.69, 9.17) is 10.1 Å². The fraction of sp³-hybridized carbons (Fsp3) is 0.320. The number of rotatable bonds is 5. The topological polar surface area (TPSA) is 103 Å². The SMILES string of the molecule is CC(C)Oc1c(C#N)ccc2ccc(-c3nnc4ccc([C@@H](N5CCC(=N)C5)C(F)(F)F)cn34)nc12. The van der Waals surface area contributed by atoms with Gasteiger partial charge in [0.25, 0.3) is 0 Å². The highest BCUT2D eigenvalue weighted by Crippen LogP contribution is 2.39. The van der Waals surface area contributed by atoms with E-state index in [9.17, 15) is 18.4 Å². The average Bonchev–Trinajstić information content (AvgIpc) is 3.44. The zero-order chi connectivity index (χ0) is 25.6. The van der Waals surface area contributed by atoms with Crippen molar-refractivity contribution in [3.8, 4) is 23.3 Å². The lowest BCUT2D eigenvalue weighted by Crippen LogP contribution is -2.37. The Bertz CT molecular complexity index is 1520. The summed E-state index contributed by atoms with van der Waals surface area (Å²) in [6.45, 7) is 3.83. The molecule has 5 rings (SSSR count). The molecule has 0 aliphatic carbocycles. The largest absolute Gasteiger partial charge is 0.487 e. The van der Waals surface area contributed by atoms with Crippen molar-refractivity contribution in [2.75, 3.05) is 13.1 Å². The van der Waals surface area contributed by atoms with E-state index in [2.05, 4.69) is 21.3 Å². The molecule has 4 heterocycles. The number of alkyl halides is 3. The van der Waals surface area contributed by atoms with E-state index < -0.39 is 12.2 Å². The van der Waals surface area contributed by atoms with Crippen molar-refractivity contribution in [1.82, 2.24) is 24.5 Å². The molecule has 36 heavy (non-hydrogen) atoms. The Morgan fingerprint density at radius 1 is 1.11 bits per heavy atom. The lowest BCUT2D eigenvalue weighted by atomic mass is 10.1. The summed E-state index contributed by atoms with van der Waals surface area (Å²) in [5, 5.41) is 26.4. The van der Waals surface area contributed by atoms with Crippen LogP contribution in [0.4, 0.5) is 13.2 Å². The van der Waals surface area contributed by atoms with E-state index in [-0.39, 0.29) is 36.3 Å². The Balaban J connectivity index is 1.64. The molecule has 0 amide bonds. The van der Waals surface area contributed by atoms with E-state index in [0.29, 0.717) is 34.6 Å². The molecule has 0 bridgehead atoms. The summed E-state index contributed by atoms with van der Waals surface area (Å²) in [7, 11) is 0. The molecule has 8 nitrogen and oxygen atoms in total. The van der Waals surface area contributed by atoms with Crippen LogP contribution in [0.15, 0.2) is 42.6 Å². The molecule has 0 radical (unpaired) electrons. The molecule has 0 unspecified atom stereocenters. The molecule has 1 N–H and O–H groups in total. The summed E-state index contributed by atoms with van der Waals surface area (Å²) in [5.74, 6) is 0.608. The number of hydrogen-bond donors (Lipinski definition) is 1. The fourth-order valence-electron chi connectivity index (χ4n) is 4.48. The molecule has 4 aromatic rings. The number of halogens is 3. The van der Waals surface area contributed by atoms with Gasteiger partial charge in [-0.05, 0) is 44.0 Å². The summed E-state index contributed by atoms with van der Waals surface area (Å²) >= 11 is 0. The van der Waals surface area contributed by atoms with Gasteiger partial charge in [0.2, 0.25) is 0 Å². The van der Waals surface area contributed by atoms with Crippen molar-refractivity contribution >= 4 is 22.3 Å². The van der Waals surface area contributed by atoms with Crippen molar-refractivity contribution in [3.05, 3.63) is 53.7 Å². The minimum atomic E-state index is -4.52. The third-order valence-electron chi connectivity index (χ3n) is 6.03. The number of nitriles is 1. The molecular formula is C25H22F3N7O. The maximum atomic E-state index is 14.1. The van der Waals surface area contributed by atoms with Crippen molar-refractivity contribution in [1.29, 1.82) is 10.7 Å². The van der Waals surface area contributed by atoms with Gasteiger partial charge in [0.15, 0.2) is 17.2 Å². The van der Waals surface area contributed by atoms with Crippen LogP contribution >= 0.6 is 0 Å². The van der Waals surface area contributed by atoms with Crippen LogP contribution in [0.1, 0.15) is 37.4 Å². The van der Waals surface area contributed by atoms with Crippen molar-refractivity contribution < 1.29 is 17.9 Å². The molecule has 1 atom stereocenters. The van der Waals surface area contributed by atoms with Crippen molar-refractivity contribution in [2.24, 2.45) is 0 Å². The number of ether oxygens (including phenoxy) is 1. The number of hydrogen-bond acceptors (Lipinski definition) is 7. The first-order valence-electron chi connectivity index (χ1n) is 11.4. The summed E-state index contributed by atoms with van der Waals surface area (Å²) in [6, 6.07) is 10.1. The summed E-state index contributed by atoms with van der Waals surface area (Å²) in [6.07, 6.45) is -3.02. The number of fused-ring (bicyclic) bond motifs is 2. The molecule has 1 fully saturated rings. The monoisotopic (exact) mass is 493 g/mol. The molecule has 1 saturated heterocycles. The number of likely N-dealkylation sites (tertiary alicyclic amines) is 1.